The Kier molecular flexibility index (Phi) is 7.11. The predicted molar refractivity (Wildman–Crippen MR) is 122 cm³/mol. The van der Waals surface area contributed by atoms with E-state index >= 15 is 0 Å². The first-order valence-electron chi connectivity index (χ1n) is 10.1. The van der Waals surface area contributed by atoms with E-state index in [1.807, 2.05) is 0 Å². The van der Waals surface area contributed by atoms with Crippen LogP contribution in [0.3, 0.4) is 0 Å². The Morgan fingerprint density at radius 2 is 1.62 bits per heavy atom. The van der Waals surface area contributed by atoms with Gasteiger partial charge in [0, 0.05) is 16.5 Å². The lowest BCUT2D eigenvalue weighted by molar-refractivity contribution is -0.0584. The van der Waals surface area contributed by atoms with E-state index in [-0.39, 0.29) is 30.1 Å². The highest BCUT2D eigenvalue weighted by atomic mass is 35.5. The molecule has 3 aromatic rings. The van der Waals surface area contributed by atoms with Crippen molar-refractivity contribution in [3.63, 3.8) is 0 Å². The lowest BCUT2D eigenvalue weighted by Gasteiger charge is -2.19. The van der Waals surface area contributed by atoms with E-state index in [0.717, 1.165) is 4.57 Å². The summed E-state index contributed by atoms with van der Waals surface area (Å²) in [4.78, 5) is 44.7. The van der Waals surface area contributed by atoms with Gasteiger partial charge in [-0.1, -0.05) is 23.2 Å². The number of carbonyl (C=O) groups is 2. The largest absolute Gasteiger partial charge is 0.459 e. The van der Waals surface area contributed by atoms with Crippen molar-refractivity contribution >= 4 is 41.1 Å². The zero-order chi connectivity index (χ0) is 24.2. The van der Waals surface area contributed by atoms with Gasteiger partial charge in [0.25, 0.3) is 0 Å². The van der Waals surface area contributed by atoms with Gasteiger partial charge in [-0.15, -0.1) is 0 Å². The molecule has 10 nitrogen and oxygen atoms in total. The topological polar surface area (TPSA) is 136 Å². The predicted octanol–water partition coefficient (Wildman–Crippen LogP) is 2.90. The average Bonchev–Trinajstić information content (AvgIpc) is 3.20. The van der Waals surface area contributed by atoms with Gasteiger partial charge in [-0.2, -0.15) is 4.98 Å². The SMILES string of the molecule is Nc1ncn(C2CC(OC(=O)c3ccc(Cl)cc3)C(COC(=O)c3ccc(Cl)cc3)O2)c(=O)n1. The van der Waals surface area contributed by atoms with Gasteiger partial charge in [-0.3, -0.25) is 4.57 Å². The molecule has 1 fully saturated rings. The molecule has 0 bridgehead atoms. The first-order chi connectivity index (χ1) is 16.3. The first kappa shape index (κ1) is 23.7. The molecule has 3 atom stereocenters. The molecule has 0 spiro atoms. The van der Waals surface area contributed by atoms with Gasteiger partial charge in [0.1, 0.15) is 31.4 Å². The van der Waals surface area contributed by atoms with E-state index in [2.05, 4.69) is 9.97 Å². The standard InChI is InChI=1S/C22H18Cl2N4O6/c23-14-5-1-12(2-6-14)19(29)32-10-17-16(34-20(30)13-3-7-15(24)8-4-13)9-18(33-17)28-11-26-21(25)27-22(28)31/h1-8,11,16-18H,9-10H2,(H2,25,27,31). The number of ether oxygens (including phenoxy) is 3. The number of halogens is 2. The maximum atomic E-state index is 12.7. The van der Waals surface area contributed by atoms with Crippen LogP contribution in [0.1, 0.15) is 33.4 Å². The minimum Gasteiger partial charge on any atom is -0.459 e. The molecule has 4 rings (SSSR count). The molecular weight excluding hydrogens is 487 g/mol. The van der Waals surface area contributed by atoms with Crippen LogP contribution in [0.2, 0.25) is 10.0 Å². The van der Waals surface area contributed by atoms with Gasteiger partial charge in [-0.25, -0.2) is 19.4 Å². The molecule has 0 aliphatic carbocycles. The minimum absolute atomic E-state index is 0.0929. The maximum absolute atomic E-state index is 12.7. The van der Waals surface area contributed by atoms with Crippen molar-refractivity contribution in [3.8, 4) is 0 Å². The molecule has 1 aliphatic heterocycles. The molecule has 176 valence electrons. The summed E-state index contributed by atoms with van der Waals surface area (Å²) in [5.74, 6) is -1.42. The molecule has 1 aromatic heterocycles. The van der Waals surface area contributed by atoms with Gasteiger partial charge in [0.15, 0.2) is 0 Å². The fraction of sp³-hybridized carbons (Fsp3) is 0.227. The first-order valence-corrected chi connectivity index (χ1v) is 10.8. The fourth-order valence-electron chi connectivity index (χ4n) is 3.32. The Morgan fingerprint density at radius 3 is 2.21 bits per heavy atom. The number of esters is 2. The third kappa shape index (κ3) is 5.53. The molecule has 0 saturated carbocycles. The smallest absolute Gasteiger partial charge is 0.354 e. The van der Waals surface area contributed by atoms with Crippen LogP contribution in [0.4, 0.5) is 5.95 Å². The average molecular weight is 505 g/mol. The van der Waals surface area contributed by atoms with Crippen LogP contribution in [0.5, 0.6) is 0 Å². The van der Waals surface area contributed by atoms with E-state index in [0.29, 0.717) is 10.0 Å². The summed E-state index contributed by atoms with van der Waals surface area (Å²) >= 11 is 11.7. The molecule has 3 unspecified atom stereocenters. The zero-order valence-corrected chi connectivity index (χ0v) is 19.0. The van der Waals surface area contributed by atoms with E-state index in [4.69, 9.17) is 43.1 Å². The van der Waals surface area contributed by atoms with E-state index in [9.17, 15) is 14.4 Å². The summed E-state index contributed by atoms with van der Waals surface area (Å²) in [5, 5.41) is 0.944. The van der Waals surface area contributed by atoms with Gasteiger partial charge < -0.3 is 19.9 Å². The number of rotatable bonds is 6. The van der Waals surface area contributed by atoms with Crippen LogP contribution >= 0.6 is 23.2 Å². The van der Waals surface area contributed by atoms with Crippen molar-refractivity contribution in [2.24, 2.45) is 0 Å². The number of benzene rings is 2. The minimum atomic E-state index is -0.865. The van der Waals surface area contributed by atoms with Crippen molar-refractivity contribution in [2.45, 2.75) is 24.9 Å². The van der Waals surface area contributed by atoms with Crippen LogP contribution in [0.25, 0.3) is 0 Å². The van der Waals surface area contributed by atoms with Crippen molar-refractivity contribution < 1.29 is 23.8 Å². The second kappa shape index (κ2) is 10.2. The maximum Gasteiger partial charge on any atom is 0.354 e. The van der Waals surface area contributed by atoms with Crippen LogP contribution in [0, 0.1) is 0 Å². The number of carbonyl (C=O) groups excluding carboxylic acids is 2. The van der Waals surface area contributed by atoms with E-state index < -0.39 is 36.1 Å². The van der Waals surface area contributed by atoms with Crippen LogP contribution in [0.15, 0.2) is 59.7 Å². The third-order valence-corrected chi connectivity index (χ3v) is 5.54. The summed E-state index contributed by atoms with van der Waals surface area (Å²) in [6.45, 7) is -0.235. The number of nitrogens with two attached hydrogens (primary N) is 1. The molecule has 2 heterocycles. The van der Waals surface area contributed by atoms with Crippen molar-refractivity contribution in [1.29, 1.82) is 0 Å². The van der Waals surface area contributed by atoms with Gasteiger partial charge in [0.05, 0.1) is 11.1 Å². The van der Waals surface area contributed by atoms with E-state index in [1.165, 1.54) is 30.6 Å². The lowest BCUT2D eigenvalue weighted by atomic mass is 10.1. The molecule has 2 aromatic carbocycles. The van der Waals surface area contributed by atoms with Crippen LogP contribution in [-0.2, 0) is 14.2 Å². The summed E-state index contributed by atoms with van der Waals surface area (Å²) in [7, 11) is 0. The van der Waals surface area contributed by atoms with Crippen molar-refractivity contribution in [3.05, 3.63) is 86.5 Å². The molecule has 1 saturated heterocycles. The van der Waals surface area contributed by atoms with E-state index in [1.54, 1.807) is 24.3 Å². The molecule has 0 amide bonds. The van der Waals surface area contributed by atoms with Crippen LogP contribution < -0.4 is 11.4 Å². The Hall–Kier alpha value is -3.47. The summed E-state index contributed by atoms with van der Waals surface area (Å²) < 4.78 is 18.0. The third-order valence-electron chi connectivity index (χ3n) is 5.03. The molecule has 0 radical (unpaired) electrons. The monoisotopic (exact) mass is 504 g/mol. The highest BCUT2D eigenvalue weighted by Gasteiger charge is 2.40. The molecule has 1 aliphatic rings. The Morgan fingerprint density at radius 1 is 1.03 bits per heavy atom. The van der Waals surface area contributed by atoms with Crippen molar-refractivity contribution in [1.82, 2.24) is 14.5 Å². The van der Waals surface area contributed by atoms with Gasteiger partial charge in [0.2, 0.25) is 5.95 Å². The number of nitrogens with zero attached hydrogens (tertiary/aromatic N) is 3. The second-order valence-corrected chi connectivity index (χ2v) is 8.20. The number of hydrogen-bond acceptors (Lipinski definition) is 9. The zero-order valence-electron chi connectivity index (χ0n) is 17.5. The van der Waals surface area contributed by atoms with Gasteiger partial charge in [-0.05, 0) is 48.5 Å². The molecule has 2 N–H and O–H groups in total. The normalized spacial score (nSPS) is 19.5. The Labute approximate surface area is 203 Å². The number of nitrogen functional groups attached to an aromatic ring is 1. The van der Waals surface area contributed by atoms with Crippen LogP contribution in [-0.4, -0.2) is 45.3 Å². The fourth-order valence-corrected chi connectivity index (χ4v) is 3.57. The van der Waals surface area contributed by atoms with Crippen molar-refractivity contribution in [2.75, 3.05) is 12.3 Å². The number of aromatic nitrogens is 3. The highest BCUT2D eigenvalue weighted by Crippen LogP contribution is 2.31. The molecule has 12 heteroatoms. The Bertz CT molecular complexity index is 1250. The summed E-state index contributed by atoms with van der Waals surface area (Å²) in [5.41, 5.74) is 5.33. The Balaban J connectivity index is 1.50. The molecule has 34 heavy (non-hydrogen) atoms. The summed E-state index contributed by atoms with van der Waals surface area (Å²) in [6, 6.07) is 12.3. The van der Waals surface area contributed by atoms with Gasteiger partial charge >= 0.3 is 17.6 Å². The highest BCUT2D eigenvalue weighted by molar-refractivity contribution is 6.31. The molecular formula is C22H18Cl2N4O6. The number of hydrogen-bond donors (Lipinski definition) is 1. The quantitative estimate of drug-likeness (QED) is 0.502. The lowest BCUT2D eigenvalue weighted by Crippen LogP contribution is -2.32. The number of anilines is 1. The second-order valence-electron chi connectivity index (χ2n) is 7.33. The summed E-state index contributed by atoms with van der Waals surface area (Å²) in [6.07, 6.45) is -1.28.